The van der Waals surface area contributed by atoms with Crippen LogP contribution in [0.25, 0.3) is 10.9 Å². The number of H-pyrrole nitrogens is 1. The van der Waals surface area contributed by atoms with Gasteiger partial charge < -0.3 is 4.98 Å². The number of hydrogen-bond acceptors (Lipinski definition) is 4. The van der Waals surface area contributed by atoms with Crippen LogP contribution in [0, 0.1) is 5.92 Å². The SMILES string of the molecule is CCN1C(=O)NC(=O)[C@@H](C=NCCc2c[nH]c3ccccc23)C1=O. The van der Waals surface area contributed by atoms with E-state index in [1.165, 1.54) is 6.21 Å². The molecule has 0 bridgehead atoms. The maximum Gasteiger partial charge on any atom is 0.330 e. The number of para-hydroxylation sites is 1. The summed E-state index contributed by atoms with van der Waals surface area (Å²) in [6, 6.07) is 7.31. The lowest BCUT2D eigenvalue weighted by molar-refractivity contribution is -0.139. The molecule has 24 heavy (non-hydrogen) atoms. The number of rotatable bonds is 5. The van der Waals surface area contributed by atoms with E-state index in [-0.39, 0.29) is 6.54 Å². The summed E-state index contributed by atoms with van der Waals surface area (Å²) in [5, 5.41) is 3.31. The molecule has 0 unspecified atom stereocenters. The Kier molecular flexibility index (Phi) is 4.41. The van der Waals surface area contributed by atoms with Crippen LogP contribution < -0.4 is 5.32 Å². The van der Waals surface area contributed by atoms with E-state index < -0.39 is 23.8 Å². The smallest absolute Gasteiger partial charge is 0.330 e. The number of benzene rings is 1. The molecule has 0 saturated carbocycles. The standard InChI is InChI=1S/C17H18N4O3/c1-2-21-16(23)13(15(22)20-17(21)24)10-18-8-7-11-9-19-14-6-4-3-5-12(11)14/h3-6,9-10,13,19H,2,7-8H2,1H3,(H,20,22,24)/t13-/m1/s1. The number of carbonyl (C=O) groups excluding carboxylic acids is 3. The molecule has 0 aliphatic carbocycles. The number of urea groups is 1. The Morgan fingerprint density at radius 3 is 2.83 bits per heavy atom. The number of barbiturate groups is 1. The van der Waals surface area contributed by atoms with Gasteiger partial charge in [0.2, 0.25) is 11.8 Å². The van der Waals surface area contributed by atoms with E-state index in [9.17, 15) is 14.4 Å². The lowest BCUT2D eigenvalue weighted by Gasteiger charge is -2.27. The van der Waals surface area contributed by atoms with Crippen molar-refractivity contribution in [2.24, 2.45) is 10.9 Å². The van der Waals surface area contributed by atoms with Crippen LogP contribution in [0.15, 0.2) is 35.5 Å². The summed E-state index contributed by atoms with van der Waals surface area (Å²) in [4.78, 5) is 43.9. The molecule has 0 radical (unpaired) electrons. The van der Waals surface area contributed by atoms with Gasteiger partial charge in [0.25, 0.3) is 0 Å². The molecule has 7 heteroatoms. The largest absolute Gasteiger partial charge is 0.361 e. The van der Waals surface area contributed by atoms with E-state index in [4.69, 9.17) is 0 Å². The molecular formula is C17H18N4O3. The number of carbonyl (C=O) groups is 3. The number of fused-ring (bicyclic) bond motifs is 1. The summed E-state index contributed by atoms with van der Waals surface area (Å²) in [5.41, 5.74) is 2.20. The highest BCUT2D eigenvalue weighted by molar-refractivity contribution is 6.23. The highest BCUT2D eigenvalue weighted by atomic mass is 16.2. The van der Waals surface area contributed by atoms with Gasteiger partial charge >= 0.3 is 6.03 Å². The fourth-order valence-electron chi connectivity index (χ4n) is 2.77. The summed E-state index contributed by atoms with van der Waals surface area (Å²) >= 11 is 0. The molecule has 0 spiro atoms. The zero-order valence-corrected chi connectivity index (χ0v) is 13.3. The van der Waals surface area contributed by atoms with Crippen molar-refractivity contribution in [3.05, 3.63) is 36.0 Å². The van der Waals surface area contributed by atoms with Gasteiger partial charge in [0.1, 0.15) is 0 Å². The van der Waals surface area contributed by atoms with E-state index in [0.29, 0.717) is 13.0 Å². The Morgan fingerprint density at radius 1 is 1.25 bits per heavy atom. The average Bonchev–Trinajstić information content (AvgIpc) is 2.97. The number of imide groups is 2. The molecule has 1 aromatic heterocycles. The molecule has 2 heterocycles. The third-order valence-electron chi connectivity index (χ3n) is 4.05. The van der Waals surface area contributed by atoms with Gasteiger partial charge in [0.05, 0.1) is 0 Å². The van der Waals surface area contributed by atoms with Crippen molar-refractivity contribution in [1.29, 1.82) is 0 Å². The predicted molar refractivity (Wildman–Crippen MR) is 89.8 cm³/mol. The molecule has 1 saturated heterocycles. The Bertz CT molecular complexity index is 824. The third-order valence-corrected chi connectivity index (χ3v) is 4.05. The molecule has 1 aliphatic rings. The van der Waals surface area contributed by atoms with Crippen molar-refractivity contribution in [1.82, 2.24) is 15.2 Å². The van der Waals surface area contributed by atoms with Crippen molar-refractivity contribution in [2.75, 3.05) is 13.1 Å². The zero-order valence-electron chi connectivity index (χ0n) is 13.3. The third kappa shape index (κ3) is 2.92. The second-order valence-electron chi connectivity index (χ2n) is 5.52. The van der Waals surface area contributed by atoms with E-state index in [1.807, 2.05) is 30.5 Å². The Balaban J connectivity index is 1.64. The number of aliphatic imine (C=N–C) groups is 1. The van der Waals surface area contributed by atoms with Gasteiger partial charge in [-0.3, -0.25) is 24.8 Å². The highest BCUT2D eigenvalue weighted by Gasteiger charge is 2.38. The van der Waals surface area contributed by atoms with Crippen LogP contribution >= 0.6 is 0 Å². The van der Waals surface area contributed by atoms with E-state index in [1.54, 1.807) is 6.92 Å². The molecule has 1 atom stereocenters. The van der Waals surface area contributed by atoms with Crippen LogP contribution in [0.5, 0.6) is 0 Å². The van der Waals surface area contributed by atoms with Crippen LogP contribution in [0.4, 0.5) is 4.79 Å². The monoisotopic (exact) mass is 326 g/mol. The van der Waals surface area contributed by atoms with Crippen LogP contribution in [-0.2, 0) is 16.0 Å². The highest BCUT2D eigenvalue weighted by Crippen LogP contribution is 2.18. The molecule has 3 rings (SSSR count). The first-order valence-electron chi connectivity index (χ1n) is 7.83. The fraction of sp³-hybridized carbons (Fsp3) is 0.294. The van der Waals surface area contributed by atoms with E-state index in [0.717, 1.165) is 21.4 Å². The van der Waals surface area contributed by atoms with Gasteiger partial charge in [0.15, 0.2) is 5.92 Å². The first-order valence-corrected chi connectivity index (χ1v) is 7.83. The predicted octanol–water partition coefficient (Wildman–Crippen LogP) is 1.50. The van der Waals surface area contributed by atoms with Crippen molar-refractivity contribution < 1.29 is 14.4 Å². The normalized spacial score (nSPS) is 18.6. The average molecular weight is 326 g/mol. The van der Waals surface area contributed by atoms with Crippen LogP contribution in [0.2, 0.25) is 0 Å². The molecular weight excluding hydrogens is 308 g/mol. The number of hydrogen-bond donors (Lipinski definition) is 2. The number of amides is 4. The van der Waals surface area contributed by atoms with Crippen LogP contribution in [0.1, 0.15) is 12.5 Å². The first-order chi connectivity index (χ1) is 11.6. The van der Waals surface area contributed by atoms with Gasteiger partial charge in [-0.1, -0.05) is 18.2 Å². The Labute approximate surface area is 138 Å². The zero-order chi connectivity index (χ0) is 17.1. The second-order valence-corrected chi connectivity index (χ2v) is 5.52. The topological polar surface area (TPSA) is 94.6 Å². The number of nitrogens with zero attached hydrogens (tertiary/aromatic N) is 2. The van der Waals surface area contributed by atoms with Gasteiger partial charge in [-0.25, -0.2) is 4.79 Å². The quantitative estimate of drug-likeness (QED) is 0.644. The van der Waals surface area contributed by atoms with Gasteiger partial charge in [-0.2, -0.15) is 0 Å². The van der Waals surface area contributed by atoms with Crippen LogP contribution in [-0.4, -0.2) is 47.0 Å². The minimum Gasteiger partial charge on any atom is -0.361 e. The lowest BCUT2D eigenvalue weighted by atomic mass is 10.1. The van der Waals surface area contributed by atoms with Gasteiger partial charge in [-0.05, 0) is 25.0 Å². The minimum atomic E-state index is -1.04. The molecule has 7 nitrogen and oxygen atoms in total. The number of nitrogens with one attached hydrogen (secondary N) is 2. The Hall–Kier alpha value is -2.96. The summed E-state index contributed by atoms with van der Waals surface area (Å²) in [5.74, 6) is -2.18. The van der Waals surface area contributed by atoms with E-state index in [2.05, 4.69) is 15.3 Å². The number of aromatic amines is 1. The van der Waals surface area contributed by atoms with Crippen molar-refractivity contribution in [3.63, 3.8) is 0 Å². The maximum atomic E-state index is 12.1. The first kappa shape index (κ1) is 15.9. The van der Waals surface area contributed by atoms with Gasteiger partial charge in [-0.15, -0.1) is 0 Å². The number of aromatic nitrogens is 1. The van der Waals surface area contributed by atoms with Crippen molar-refractivity contribution in [3.8, 4) is 0 Å². The fourth-order valence-corrected chi connectivity index (χ4v) is 2.77. The van der Waals surface area contributed by atoms with Crippen LogP contribution in [0.3, 0.4) is 0 Å². The van der Waals surface area contributed by atoms with Gasteiger partial charge in [0, 0.05) is 36.4 Å². The second kappa shape index (κ2) is 6.66. The maximum absolute atomic E-state index is 12.1. The molecule has 2 aromatic rings. The van der Waals surface area contributed by atoms with E-state index >= 15 is 0 Å². The van der Waals surface area contributed by atoms with Crippen molar-refractivity contribution in [2.45, 2.75) is 13.3 Å². The van der Waals surface area contributed by atoms with Crippen molar-refractivity contribution >= 4 is 35.0 Å². The lowest BCUT2D eigenvalue weighted by Crippen LogP contribution is -2.58. The summed E-state index contributed by atoms with van der Waals surface area (Å²) in [6.07, 6.45) is 3.97. The summed E-state index contributed by atoms with van der Waals surface area (Å²) in [6.45, 7) is 2.36. The summed E-state index contributed by atoms with van der Waals surface area (Å²) in [7, 11) is 0. The molecule has 2 N–H and O–H groups in total. The molecule has 1 fully saturated rings. The Morgan fingerprint density at radius 2 is 2.04 bits per heavy atom. The molecule has 124 valence electrons. The summed E-state index contributed by atoms with van der Waals surface area (Å²) < 4.78 is 0. The molecule has 4 amide bonds. The molecule has 1 aliphatic heterocycles. The molecule has 1 aromatic carbocycles. The minimum absolute atomic E-state index is 0.220.